The first kappa shape index (κ1) is 15.6. The van der Waals surface area contributed by atoms with Crippen molar-refractivity contribution in [1.82, 2.24) is 0 Å². The van der Waals surface area contributed by atoms with E-state index < -0.39 is 5.63 Å². The Labute approximate surface area is 138 Å². The lowest BCUT2D eigenvalue weighted by atomic mass is 10.1. The van der Waals surface area contributed by atoms with Crippen LogP contribution in [-0.2, 0) is 0 Å². The van der Waals surface area contributed by atoms with Crippen molar-refractivity contribution in [2.24, 2.45) is 0 Å². The summed E-state index contributed by atoms with van der Waals surface area (Å²) in [5, 5.41) is 21.4. The summed E-state index contributed by atoms with van der Waals surface area (Å²) in [5.41, 5.74) is 0.881. The Morgan fingerprint density at radius 1 is 0.833 bits per heavy atom. The molecule has 4 rings (SSSR count). The van der Waals surface area contributed by atoms with Crippen molar-refractivity contribution < 1.29 is 14.6 Å². The number of benzene rings is 3. The lowest BCUT2D eigenvalue weighted by Gasteiger charge is -1.99. The van der Waals surface area contributed by atoms with E-state index >= 15 is 0 Å². The minimum atomic E-state index is -0.393. The molecule has 0 saturated carbocycles. The summed E-state index contributed by atoms with van der Waals surface area (Å²) >= 11 is 0. The zero-order chi connectivity index (χ0) is 17.1. The highest BCUT2D eigenvalue weighted by atomic mass is 16.4. The van der Waals surface area contributed by atoms with E-state index in [-0.39, 0.29) is 5.75 Å². The number of rotatable bonds is 0. The molecule has 0 aliphatic rings. The van der Waals surface area contributed by atoms with Gasteiger partial charge in [-0.25, -0.2) is 4.79 Å². The predicted octanol–water partition coefficient (Wildman–Crippen LogP) is 4.35. The summed E-state index contributed by atoms with van der Waals surface area (Å²) in [7, 11) is 0. The van der Waals surface area contributed by atoms with Gasteiger partial charge >= 0.3 is 5.63 Å². The molecule has 0 aliphatic carbocycles. The van der Waals surface area contributed by atoms with Crippen LogP contribution in [0, 0.1) is 6.92 Å². The smallest absolute Gasteiger partial charge is 0.336 e. The number of aryl methyl sites for hydroxylation is 1. The van der Waals surface area contributed by atoms with E-state index in [9.17, 15) is 9.90 Å². The molecule has 1 heterocycles. The van der Waals surface area contributed by atoms with Gasteiger partial charge in [-0.2, -0.15) is 0 Å². The Morgan fingerprint density at radius 2 is 1.58 bits per heavy atom. The average Bonchev–Trinajstić information content (AvgIpc) is 2.55. The van der Waals surface area contributed by atoms with Gasteiger partial charge in [0, 0.05) is 22.9 Å². The summed E-state index contributed by atoms with van der Waals surface area (Å²) in [6, 6.07) is 19.4. The standard InChI is InChI=1S/C10H8O3.C10H8O/c1-6-4-10(12)13-9-5-7(11)2-3-8(6)9;11-10-7-3-5-8-4-1-2-6-9(8)10/h2-5,11H,1H3;1-7,11H. The first-order chi connectivity index (χ1) is 11.5. The number of phenolic OH excluding ortho intramolecular Hbond substituents is 2. The second-order valence-electron chi connectivity index (χ2n) is 5.43. The Hall–Kier alpha value is -3.27. The number of fused-ring (bicyclic) bond motifs is 2. The third kappa shape index (κ3) is 3.22. The molecule has 4 nitrogen and oxygen atoms in total. The van der Waals surface area contributed by atoms with Crippen LogP contribution < -0.4 is 5.63 Å². The van der Waals surface area contributed by atoms with Gasteiger partial charge in [0.15, 0.2) is 0 Å². The van der Waals surface area contributed by atoms with Crippen LogP contribution in [0.5, 0.6) is 11.5 Å². The fourth-order valence-corrected chi connectivity index (χ4v) is 2.52. The third-order valence-corrected chi connectivity index (χ3v) is 3.70. The lowest BCUT2D eigenvalue weighted by molar-refractivity contribution is 0.473. The third-order valence-electron chi connectivity index (χ3n) is 3.70. The molecule has 0 bridgehead atoms. The average molecular weight is 320 g/mol. The maximum atomic E-state index is 11.0. The molecule has 1 aromatic heterocycles. The van der Waals surface area contributed by atoms with Gasteiger partial charge in [-0.3, -0.25) is 0 Å². The molecule has 0 spiro atoms. The van der Waals surface area contributed by atoms with E-state index in [2.05, 4.69) is 0 Å². The van der Waals surface area contributed by atoms with E-state index in [0.717, 1.165) is 21.7 Å². The monoisotopic (exact) mass is 320 g/mol. The van der Waals surface area contributed by atoms with Crippen LogP contribution in [0.4, 0.5) is 0 Å². The van der Waals surface area contributed by atoms with Crippen LogP contribution in [0.25, 0.3) is 21.7 Å². The Kier molecular flexibility index (Phi) is 4.20. The van der Waals surface area contributed by atoms with Crippen molar-refractivity contribution in [1.29, 1.82) is 0 Å². The molecule has 4 aromatic rings. The highest BCUT2D eigenvalue weighted by molar-refractivity contribution is 5.87. The molecular weight excluding hydrogens is 304 g/mol. The number of hydrogen-bond donors (Lipinski definition) is 2. The summed E-state index contributed by atoms with van der Waals surface area (Å²) < 4.78 is 4.91. The highest BCUT2D eigenvalue weighted by Crippen LogP contribution is 2.23. The first-order valence-corrected chi connectivity index (χ1v) is 7.45. The molecule has 0 radical (unpaired) electrons. The van der Waals surface area contributed by atoms with Crippen molar-refractivity contribution in [3.8, 4) is 11.5 Å². The summed E-state index contributed by atoms with van der Waals surface area (Å²) in [6.45, 7) is 1.83. The van der Waals surface area contributed by atoms with E-state index in [1.165, 1.54) is 12.1 Å². The quantitative estimate of drug-likeness (QED) is 0.472. The second kappa shape index (κ2) is 6.46. The molecule has 0 unspecified atom stereocenters. The maximum absolute atomic E-state index is 11.0. The Morgan fingerprint density at radius 3 is 2.38 bits per heavy atom. The molecule has 3 aromatic carbocycles. The molecule has 120 valence electrons. The summed E-state index contributed by atoms with van der Waals surface area (Å²) in [5.74, 6) is 0.448. The first-order valence-electron chi connectivity index (χ1n) is 7.45. The summed E-state index contributed by atoms with van der Waals surface area (Å²) in [6.07, 6.45) is 0. The van der Waals surface area contributed by atoms with Crippen LogP contribution in [0.15, 0.2) is 75.9 Å². The fourth-order valence-electron chi connectivity index (χ4n) is 2.52. The molecule has 0 saturated heterocycles. The van der Waals surface area contributed by atoms with Gasteiger partial charge in [0.05, 0.1) is 0 Å². The molecule has 0 atom stereocenters. The van der Waals surface area contributed by atoms with E-state index in [1.54, 1.807) is 18.2 Å². The van der Waals surface area contributed by atoms with Crippen molar-refractivity contribution >= 4 is 21.7 Å². The normalized spacial score (nSPS) is 10.4. The van der Waals surface area contributed by atoms with Gasteiger partial charge < -0.3 is 14.6 Å². The van der Waals surface area contributed by atoms with Crippen LogP contribution in [-0.4, -0.2) is 10.2 Å². The zero-order valence-electron chi connectivity index (χ0n) is 13.1. The van der Waals surface area contributed by atoms with Gasteiger partial charge in [0.25, 0.3) is 0 Å². The van der Waals surface area contributed by atoms with Crippen LogP contribution in [0.3, 0.4) is 0 Å². The number of phenols is 2. The molecule has 24 heavy (non-hydrogen) atoms. The molecule has 0 amide bonds. The molecule has 2 N–H and O–H groups in total. The minimum Gasteiger partial charge on any atom is -0.508 e. The predicted molar refractivity (Wildman–Crippen MR) is 94.5 cm³/mol. The van der Waals surface area contributed by atoms with Crippen molar-refractivity contribution in [3.63, 3.8) is 0 Å². The topological polar surface area (TPSA) is 70.7 Å². The highest BCUT2D eigenvalue weighted by Gasteiger charge is 2.01. The zero-order valence-corrected chi connectivity index (χ0v) is 13.1. The van der Waals surface area contributed by atoms with Crippen molar-refractivity contribution in [2.45, 2.75) is 6.92 Å². The van der Waals surface area contributed by atoms with Crippen molar-refractivity contribution in [2.75, 3.05) is 0 Å². The SMILES string of the molecule is Cc1cc(=O)oc2cc(O)ccc12.Oc1cccc2ccccc12. The second-order valence-corrected chi connectivity index (χ2v) is 5.43. The van der Waals surface area contributed by atoms with Crippen molar-refractivity contribution in [3.05, 3.63) is 82.7 Å². The lowest BCUT2D eigenvalue weighted by Crippen LogP contribution is -1.97. The fraction of sp³-hybridized carbons (Fsp3) is 0.0500. The number of aromatic hydroxyl groups is 2. The Bertz CT molecular complexity index is 1060. The molecule has 0 aliphatic heterocycles. The Balaban J connectivity index is 0.000000143. The van der Waals surface area contributed by atoms with Gasteiger partial charge in [-0.15, -0.1) is 0 Å². The number of hydrogen-bond acceptors (Lipinski definition) is 4. The van der Waals surface area contributed by atoms with E-state index in [1.807, 2.05) is 43.3 Å². The summed E-state index contributed by atoms with van der Waals surface area (Å²) in [4.78, 5) is 11.0. The minimum absolute atomic E-state index is 0.0984. The molecular formula is C20H16O4. The largest absolute Gasteiger partial charge is 0.508 e. The van der Waals surface area contributed by atoms with Crippen LogP contribution in [0.1, 0.15) is 5.56 Å². The van der Waals surface area contributed by atoms with Gasteiger partial charge in [-0.1, -0.05) is 36.4 Å². The molecule has 4 heteroatoms. The van der Waals surface area contributed by atoms with Crippen LogP contribution >= 0.6 is 0 Å². The van der Waals surface area contributed by atoms with Gasteiger partial charge in [0.2, 0.25) is 0 Å². The van der Waals surface area contributed by atoms with Gasteiger partial charge in [0.1, 0.15) is 17.1 Å². The van der Waals surface area contributed by atoms with E-state index in [0.29, 0.717) is 11.3 Å². The van der Waals surface area contributed by atoms with E-state index in [4.69, 9.17) is 9.52 Å². The molecule has 0 fully saturated rings. The maximum Gasteiger partial charge on any atom is 0.336 e. The van der Waals surface area contributed by atoms with Gasteiger partial charge in [-0.05, 0) is 36.1 Å². The van der Waals surface area contributed by atoms with Crippen LogP contribution in [0.2, 0.25) is 0 Å².